The number of hydrogen-bond acceptors (Lipinski definition) is 7. The largest absolute Gasteiger partial charge is 0.458 e. The maximum atomic E-state index is 14.2. The van der Waals surface area contributed by atoms with Crippen molar-refractivity contribution in [3.63, 3.8) is 0 Å². The maximum absolute atomic E-state index is 14.2. The molecule has 4 rings (SSSR count). The molecule has 0 saturated carbocycles. The van der Waals surface area contributed by atoms with Gasteiger partial charge in [0.05, 0.1) is 12.8 Å². The number of unbranched alkanes of at least 4 members (excludes halogenated alkanes) is 1. The number of rotatable bonds is 11. The van der Waals surface area contributed by atoms with E-state index in [1.807, 2.05) is 48.5 Å². The predicted octanol–water partition coefficient (Wildman–Crippen LogP) is 5.67. The van der Waals surface area contributed by atoms with E-state index in [9.17, 15) is 18.9 Å². The van der Waals surface area contributed by atoms with Crippen LogP contribution in [-0.4, -0.2) is 58.3 Å². The van der Waals surface area contributed by atoms with E-state index in [2.05, 4.69) is 12.1 Å². The topological polar surface area (TPSA) is 102 Å². The van der Waals surface area contributed by atoms with Crippen LogP contribution in [0.3, 0.4) is 0 Å². The van der Waals surface area contributed by atoms with Gasteiger partial charge >= 0.3 is 13.6 Å². The molecule has 2 fully saturated rings. The number of esters is 1. The van der Waals surface area contributed by atoms with E-state index in [4.69, 9.17) is 13.8 Å². The summed E-state index contributed by atoms with van der Waals surface area (Å²) in [7, 11) is -3.77. The van der Waals surface area contributed by atoms with Crippen molar-refractivity contribution in [2.45, 2.75) is 90.1 Å². The molecule has 0 N–H and O–H groups in total. The zero-order valence-electron chi connectivity index (χ0n) is 24.2. The summed E-state index contributed by atoms with van der Waals surface area (Å²) in [6.07, 6.45) is 2.09. The molecule has 41 heavy (non-hydrogen) atoms. The highest BCUT2D eigenvalue weighted by atomic mass is 31.2. The number of benzene rings is 2. The average molecular weight is 585 g/mol. The number of hydrazine groups is 1. The average Bonchev–Trinajstić information content (AvgIpc) is 3.06. The van der Waals surface area contributed by atoms with Crippen LogP contribution in [0.25, 0.3) is 0 Å². The lowest BCUT2D eigenvalue weighted by atomic mass is 10.1. The van der Waals surface area contributed by atoms with Gasteiger partial charge in [0, 0.05) is 13.0 Å². The van der Waals surface area contributed by atoms with Gasteiger partial charge < -0.3 is 9.26 Å². The standard InChI is InChI=1S/C31H41N2O7P/c1-31(2,3)39-30(36)26-18-12-21-32-28(34)20-19-27(29(35)33(26)32)40-41(37,38-23-25-16-8-5-9-17-25)22-11-10-15-24-13-6-4-7-14-24/h4-9,13-14,16-17,26-27H,10-12,15,18-23H2,1-3H3/t26-,27-,41?/m0/s1. The molecule has 2 saturated heterocycles. The number of nitrogens with zero attached hydrogens (tertiary/aromatic N) is 2. The molecule has 0 bridgehead atoms. The molecular formula is C31H41N2O7P. The summed E-state index contributed by atoms with van der Waals surface area (Å²) in [6.45, 7) is 5.64. The zero-order valence-corrected chi connectivity index (χ0v) is 25.1. The smallest absolute Gasteiger partial charge is 0.331 e. The highest BCUT2D eigenvalue weighted by Gasteiger charge is 2.47. The first-order valence-electron chi connectivity index (χ1n) is 14.4. The number of fused-ring (bicyclic) bond motifs is 1. The number of hydrogen-bond donors (Lipinski definition) is 0. The van der Waals surface area contributed by atoms with Gasteiger partial charge in [-0.1, -0.05) is 60.7 Å². The van der Waals surface area contributed by atoms with Crippen molar-refractivity contribution in [1.82, 2.24) is 10.0 Å². The van der Waals surface area contributed by atoms with Crippen molar-refractivity contribution in [3.8, 4) is 0 Å². The minimum Gasteiger partial charge on any atom is -0.458 e. The van der Waals surface area contributed by atoms with Crippen LogP contribution in [0.1, 0.15) is 70.4 Å². The van der Waals surface area contributed by atoms with E-state index in [1.165, 1.54) is 15.6 Å². The number of carbonyl (C=O) groups excluding carboxylic acids is 3. The van der Waals surface area contributed by atoms with E-state index in [-0.39, 0.29) is 31.5 Å². The maximum Gasteiger partial charge on any atom is 0.331 e. The third-order valence-corrected chi connectivity index (χ3v) is 9.00. The van der Waals surface area contributed by atoms with Gasteiger partial charge in [0.15, 0.2) is 6.04 Å². The number of ether oxygens (including phenoxy) is 1. The van der Waals surface area contributed by atoms with Gasteiger partial charge in [-0.15, -0.1) is 0 Å². The third-order valence-electron chi connectivity index (χ3n) is 7.04. The Kier molecular flexibility index (Phi) is 10.4. The first-order chi connectivity index (χ1) is 19.5. The predicted molar refractivity (Wildman–Crippen MR) is 155 cm³/mol. The van der Waals surface area contributed by atoms with Crippen molar-refractivity contribution >= 4 is 25.4 Å². The Morgan fingerprint density at radius 3 is 2.27 bits per heavy atom. The van der Waals surface area contributed by atoms with E-state index < -0.39 is 37.2 Å². The molecule has 2 heterocycles. The fraction of sp³-hybridized carbons (Fsp3) is 0.516. The number of aryl methyl sites for hydroxylation is 1. The van der Waals surface area contributed by atoms with Crippen LogP contribution in [0.4, 0.5) is 0 Å². The molecule has 0 aliphatic carbocycles. The second kappa shape index (κ2) is 13.8. The third kappa shape index (κ3) is 8.74. The summed E-state index contributed by atoms with van der Waals surface area (Å²) in [5.41, 5.74) is 1.26. The lowest BCUT2D eigenvalue weighted by molar-refractivity contribution is -0.189. The summed E-state index contributed by atoms with van der Waals surface area (Å²) in [5.74, 6) is -1.42. The van der Waals surface area contributed by atoms with E-state index in [0.717, 1.165) is 18.4 Å². The second-order valence-electron chi connectivity index (χ2n) is 11.6. The first kappa shape index (κ1) is 30.9. The van der Waals surface area contributed by atoms with Crippen LogP contribution in [0.5, 0.6) is 0 Å². The van der Waals surface area contributed by atoms with Gasteiger partial charge in [0.2, 0.25) is 5.91 Å². The van der Waals surface area contributed by atoms with E-state index in [1.54, 1.807) is 20.8 Å². The molecule has 0 radical (unpaired) electrons. The quantitative estimate of drug-likeness (QED) is 0.190. The van der Waals surface area contributed by atoms with Gasteiger partial charge in [0.1, 0.15) is 11.7 Å². The Bertz CT molecular complexity index is 1230. The Morgan fingerprint density at radius 2 is 1.61 bits per heavy atom. The van der Waals surface area contributed by atoms with Crippen LogP contribution in [0.2, 0.25) is 0 Å². The highest BCUT2D eigenvalue weighted by Crippen LogP contribution is 2.52. The molecule has 2 aliphatic heterocycles. The van der Waals surface area contributed by atoms with Gasteiger partial charge in [-0.3, -0.25) is 23.7 Å². The van der Waals surface area contributed by atoms with Crippen molar-refractivity contribution in [1.29, 1.82) is 0 Å². The molecule has 2 aromatic rings. The molecule has 0 spiro atoms. The molecule has 3 atom stereocenters. The van der Waals surface area contributed by atoms with Crippen LogP contribution < -0.4 is 0 Å². The fourth-order valence-corrected chi connectivity index (χ4v) is 6.89. The van der Waals surface area contributed by atoms with Crippen molar-refractivity contribution < 1.29 is 32.7 Å². The fourth-order valence-electron chi connectivity index (χ4n) is 5.06. The number of amides is 2. The molecular weight excluding hydrogens is 543 g/mol. The Morgan fingerprint density at radius 1 is 0.951 bits per heavy atom. The van der Waals surface area contributed by atoms with Gasteiger partial charge in [-0.2, -0.15) is 0 Å². The first-order valence-corrected chi connectivity index (χ1v) is 16.1. The summed E-state index contributed by atoms with van der Waals surface area (Å²) < 4.78 is 31.8. The van der Waals surface area contributed by atoms with Crippen LogP contribution in [-0.2, 0) is 45.8 Å². The van der Waals surface area contributed by atoms with Gasteiger partial charge in [-0.25, -0.2) is 9.80 Å². The summed E-state index contributed by atoms with van der Waals surface area (Å²) >= 11 is 0. The summed E-state index contributed by atoms with van der Waals surface area (Å²) in [6, 6.07) is 18.4. The lowest BCUT2D eigenvalue weighted by Gasteiger charge is -2.43. The summed E-state index contributed by atoms with van der Waals surface area (Å²) in [4.78, 5) is 40.0. The Hall–Kier alpha value is -3.00. The normalized spacial score (nSPS) is 21.1. The highest BCUT2D eigenvalue weighted by molar-refractivity contribution is 7.53. The minimum absolute atomic E-state index is 0.0284. The minimum atomic E-state index is -3.77. The number of carbonyl (C=O) groups is 3. The van der Waals surface area contributed by atoms with Crippen molar-refractivity contribution in [2.24, 2.45) is 0 Å². The monoisotopic (exact) mass is 584 g/mol. The van der Waals surface area contributed by atoms with Gasteiger partial charge in [-0.05, 0) is 70.4 Å². The Labute approximate surface area is 242 Å². The molecule has 0 aromatic heterocycles. The molecule has 1 unspecified atom stereocenters. The summed E-state index contributed by atoms with van der Waals surface area (Å²) in [5, 5.41) is 2.52. The van der Waals surface area contributed by atoms with Gasteiger partial charge in [0.25, 0.3) is 5.91 Å². The van der Waals surface area contributed by atoms with E-state index in [0.29, 0.717) is 25.8 Å². The molecule has 2 aromatic carbocycles. The van der Waals surface area contributed by atoms with Crippen LogP contribution in [0, 0.1) is 0 Å². The van der Waals surface area contributed by atoms with Crippen LogP contribution in [0.15, 0.2) is 60.7 Å². The SMILES string of the molecule is CC(C)(C)OC(=O)[C@@H]1CCCN2C(=O)CC[C@H](OP(=O)(CCCCc3ccccc3)OCc3ccccc3)C(=O)N12. The van der Waals surface area contributed by atoms with Crippen molar-refractivity contribution in [3.05, 3.63) is 71.8 Å². The molecule has 2 amide bonds. The Balaban J connectivity index is 1.51. The molecule has 9 nitrogen and oxygen atoms in total. The molecule has 10 heteroatoms. The van der Waals surface area contributed by atoms with E-state index >= 15 is 0 Å². The lowest BCUT2D eigenvalue weighted by Crippen LogP contribution is -2.61. The molecule has 222 valence electrons. The zero-order chi connectivity index (χ0) is 29.5. The second-order valence-corrected chi connectivity index (χ2v) is 13.7. The van der Waals surface area contributed by atoms with Crippen molar-refractivity contribution in [2.75, 3.05) is 12.7 Å². The van der Waals surface area contributed by atoms with Crippen LogP contribution >= 0.6 is 7.60 Å². The molecule has 2 aliphatic rings.